The van der Waals surface area contributed by atoms with Crippen molar-refractivity contribution >= 4 is 52.8 Å². The number of likely N-dealkylation sites (tertiary alicyclic amines) is 2. The van der Waals surface area contributed by atoms with Crippen molar-refractivity contribution in [1.29, 1.82) is 0 Å². The number of aromatic hydroxyl groups is 2. The van der Waals surface area contributed by atoms with Crippen LogP contribution in [0.25, 0.3) is 0 Å². The lowest BCUT2D eigenvalue weighted by molar-refractivity contribution is -0.249. The third-order valence-electron chi connectivity index (χ3n) is 15.7. The van der Waals surface area contributed by atoms with E-state index in [9.17, 15) is 68.7 Å². The number of aliphatic hydroxyl groups is 3. The van der Waals surface area contributed by atoms with Crippen molar-refractivity contribution in [2.24, 2.45) is 5.92 Å². The van der Waals surface area contributed by atoms with E-state index in [1.54, 1.807) is 18.5 Å². The van der Waals surface area contributed by atoms with Crippen LogP contribution in [0.4, 0.5) is 0 Å². The molecular formula is C56H69N7O17. The number of carbonyl (C=O) groups excluding carboxylic acids is 9. The van der Waals surface area contributed by atoms with Gasteiger partial charge in [0.2, 0.25) is 41.2 Å². The molecule has 8 rings (SSSR count). The van der Waals surface area contributed by atoms with Gasteiger partial charge in [-0.25, -0.2) is 0 Å². The molecule has 3 aliphatic heterocycles. The summed E-state index contributed by atoms with van der Waals surface area (Å²) in [4.78, 5) is 130. The molecule has 0 spiro atoms. The van der Waals surface area contributed by atoms with Crippen molar-refractivity contribution in [3.63, 3.8) is 0 Å². The molecular weight excluding hydrogens is 1040 g/mol. The second-order valence-corrected chi connectivity index (χ2v) is 21.6. The van der Waals surface area contributed by atoms with Crippen LogP contribution >= 0.6 is 0 Å². The number of phenols is 2. The van der Waals surface area contributed by atoms with Crippen molar-refractivity contribution in [2.75, 3.05) is 33.4 Å². The molecule has 0 saturated carbocycles. The number of ether oxygens (including phenoxy) is 3. The largest absolute Gasteiger partial charge is 0.507 e. The summed E-state index contributed by atoms with van der Waals surface area (Å²) in [7, 11) is 1.28. The second-order valence-electron chi connectivity index (χ2n) is 21.6. The van der Waals surface area contributed by atoms with Gasteiger partial charge in [0.1, 0.15) is 59.7 Å². The number of aryl methyl sites for hydroxylation is 1. The zero-order valence-electron chi connectivity index (χ0n) is 45.2. The molecule has 1 aromatic heterocycles. The zero-order chi connectivity index (χ0) is 57.9. The van der Waals surface area contributed by atoms with Crippen LogP contribution in [0.5, 0.6) is 17.2 Å². The quantitative estimate of drug-likeness (QED) is 0.0571. The van der Waals surface area contributed by atoms with E-state index in [1.165, 1.54) is 49.0 Å². The van der Waals surface area contributed by atoms with Crippen LogP contribution in [0.3, 0.4) is 0 Å². The molecule has 2 aromatic carbocycles. The number of nitrogens with zero attached hydrogens (tertiary/aromatic N) is 3. The number of aromatic nitrogens is 1. The summed E-state index contributed by atoms with van der Waals surface area (Å²) in [5, 5.41) is 67.5. The molecule has 24 nitrogen and oxygen atoms in total. The fourth-order valence-corrected chi connectivity index (χ4v) is 11.5. The van der Waals surface area contributed by atoms with Gasteiger partial charge in [-0.2, -0.15) is 0 Å². The molecule has 24 heteroatoms. The number of Topliss-reactive ketones (excluding diaryl/α,β-unsaturated/α-hetero) is 1. The van der Waals surface area contributed by atoms with Crippen LogP contribution in [0, 0.1) is 5.92 Å². The Morgan fingerprint density at radius 3 is 2.20 bits per heavy atom. The number of carbonyl (C=O) groups is 9. The highest BCUT2D eigenvalue weighted by Crippen LogP contribution is 2.52. The summed E-state index contributed by atoms with van der Waals surface area (Å²) in [5.74, 6) is -7.82. The number of nitrogens with one attached hydrogen (secondary N) is 4. The number of pyridine rings is 1. The molecule has 4 unspecified atom stereocenters. The zero-order valence-corrected chi connectivity index (χ0v) is 45.2. The first-order valence-corrected chi connectivity index (χ1v) is 27.0. The normalized spacial score (nSPS) is 24.9. The maximum atomic E-state index is 14.2. The number of amides is 6. The van der Waals surface area contributed by atoms with Gasteiger partial charge in [-0.3, -0.25) is 48.1 Å². The molecule has 0 bridgehead atoms. The standard InChI is InChI=1S/C56H69N7O17/c1-27(2)20-34(61-55(76)36-13-9-19-63(36)41(67)25-58-52(73)28(3)59-54(75)35-12-8-18-62(35)40(66)16-15-30-10-7-17-57-24-30)53(74)60-33-21-42(79-29(4)47(33)68)80-38-23-56(77,39(65)26-64)22-32-44(38)51(72)46-45(49(32)70)48(69)31-11-6-14-37(78-5)43(31)50(46)71/h6-7,10-11,14,17,24,27-29,33-36,38,42,47,64,68,70,72,77H,8-9,12-13,15-16,18-23,25-26H2,1-5H3,(H,58,73)(H,59,75)(H,60,74)(H,61,76)/t28-,29?,33?,34-,35-,36-,38-,42?,47?,56-/m0/s1. The SMILES string of the molecule is COc1cccc2c1C(=O)c1c(O)c3c(c(O)c1C2=O)C[C@@](O)(C(=O)CO)C[C@@H]3OC1CC(NC(=O)[C@H](CC(C)C)NC(=O)[C@@H]2CCCN2C(=O)CNC(=O)[C@H](C)NC(=O)[C@@H]2CCCN2C(=O)CCc2cccnc2)C(O)C(C)O1. The molecule has 3 aromatic rings. The molecule has 3 saturated heterocycles. The lowest BCUT2D eigenvalue weighted by atomic mass is 9.72. The minimum atomic E-state index is -2.43. The van der Waals surface area contributed by atoms with Crippen LogP contribution in [0.15, 0.2) is 42.7 Å². The van der Waals surface area contributed by atoms with E-state index in [2.05, 4.69) is 26.3 Å². The third-order valence-corrected chi connectivity index (χ3v) is 15.7. The van der Waals surface area contributed by atoms with Gasteiger partial charge < -0.3 is 70.8 Å². The van der Waals surface area contributed by atoms with E-state index in [-0.39, 0.29) is 72.1 Å². The molecule has 4 heterocycles. The number of hydrogen-bond acceptors (Lipinski definition) is 18. The van der Waals surface area contributed by atoms with Crippen molar-refractivity contribution in [1.82, 2.24) is 36.1 Å². The van der Waals surface area contributed by atoms with Crippen molar-refractivity contribution in [3.05, 3.63) is 81.7 Å². The van der Waals surface area contributed by atoms with Gasteiger partial charge in [0, 0.05) is 67.9 Å². The summed E-state index contributed by atoms with van der Waals surface area (Å²) >= 11 is 0. The minimum absolute atomic E-state index is 0.0203. The Labute approximate surface area is 460 Å². The highest BCUT2D eigenvalue weighted by atomic mass is 16.7. The number of benzene rings is 2. The summed E-state index contributed by atoms with van der Waals surface area (Å²) in [6.07, 6.45) is -1.25. The molecule has 6 amide bonds. The van der Waals surface area contributed by atoms with E-state index in [4.69, 9.17) is 14.2 Å². The van der Waals surface area contributed by atoms with Crippen LogP contribution in [0.1, 0.15) is 134 Å². The molecule has 9 N–H and O–H groups in total. The molecule has 5 aliphatic rings. The van der Waals surface area contributed by atoms with E-state index in [0.717, 1.165) is 5.56 Å². The molecule has 0 radical (unpaired) electrons. The lowest BCUT2D eigenvalue weighted by Crippen LogP contribution is -2.60. The molecule has 10 atom stereocenters. The fourth-order valence-electron chi connectivity index (χ4n) is 11.5. The molecule has 80 heavy (non-hydrogen) atoms. The van der Waals surface area contributed by atoms with Crippen LogP contribution in [-0.4, -0.2) is 181 Å². The summed E-state index contributed by atoms with van der Waals surface area (Å²) in [6, 6.07) is 2.71. The van der Waals surface area contributed by atoms with E-state index in [1.807, 2.05) is 19.9 Å². The maximum absolute atomic E-state index is 14.2. The number of methoxy groups -OCH3 is 1. The first-order valence-electron chi connectivity index (χ1n) is 27.0. The van der Waals surface area contributed by atoms with Gasteiger partial charge in [-0.1, -0.05) is 32.0 Å². The Bertz CT molecular complexity index is 2940. The average molecular weight is 1110 g/mol. The number of hydrogen-bond donors (Lipinski definition) is 9. The topological polar surface area (TPSA) is 350 Å². The van der Waals surface area contributed by atoms with Gasteiger partial charge in [-0.15, -0.1) is 0 Å². The number of rotatable bonds is 19. The summed E-state index contributed by atoms with van der Waals surface area (Å²) < 4.78 is 17.7. The van der Waals surface area contributed by atoms with Crippen LogP contribution in [0.2, 0.25) is 0 Å². The summed E-state index contributed by atoms with van der Waals surface area (Å²) in [6.45, 7) is 5.51. The second kappa shape index (κ2) is 24.5. The minimum Gasteiger partial charge on any atom is -0.507 e. The predicted molar refractivity (Wildman–Crippen MR) is 280 cm³/mol. The Balaban J connectivity index is 0.905. The van der Waals surface area contributed by atoms with E-state index >= 15 is 0 Å². The van der Waals surface area contributed by atoms with Crippen molar-refractivity contribution in [3.8, 4) is 17.2 Å². The Morgan fingerprint density at radius 2 is 1.55 bits per heavy atom. The van der Waals surface area contributed by atoms with Gasteiger partial charge >= 0.3 is 0 Å². The van der Waals surface area contributed by atoms with E-state index in [0.29, 0.717) is 32.2 Å². The van der Waals surface area contributed by atoms with Crippen molar-refractivity contribution < 1.29 is 82.9 Å². The lowest BCUT2D eigenvalue weighted by Gasteiger charge is -2.43. The fraction of sp³-hybridized carbons (Fsp3) is 0.536. The van der Waals surface area contributed by atoms with E-state index < -0.39 is 156 Å². The highest BCUT2D eigenvalue weighted by molar-refractivity contribution is 6.31. The van der Waals surface area contributed by atoms with Gasteiger partial charge in [-0.05, 0) is 76.0 Å². The number of aliphatic hydroxyl groups excluding tert-OH is 2. The number of ketones is 3. The third kappa shape index (κ3) is 12.0. The first-order chi connectivity index (χ1) is 38.1. The predicted octanol–water partition coefficient (Wildman–Crippen LogP) is 0.320. The Hall–Kier alpha value is -7.38. The highest BCUT2D eigenvalue weighted by Gasteiger charge is 2.51. The van der Waals surface area contributed by atoms with Gasteiger partial charge in [0.15, 0.2) is 17.9 Å². The molecule has 3 fully saturated rings. The Kier molecular flexibility index (Phi) is 18.0. The smallest absolute Gasteiger partial charge is 0.243 e. The van der Waals surface area contributed by atoms with Gasteiger partial charge in [0.05, 0.1) is 48.6 Å². The van der Waals surface area contributed by atoms with Crippen LogP contribution in [-0.2, 0) is 55.9 Å². The number of fused-ring (bicyclic) bond motifs is 3. The Morgan fingerprint density at radius 1 is 0.875 bits per heavy atom. The van der Waals surface area contributed by atoms with Gasteiger partial charge in [0.25, 0.3) is 0 Å². The first kappa shape index (κ1) is 58.8. The summed E-state index contributed by atoms with van der Waals surface area (Å²) in [5.41, 5.74) is -3.57. The van der Waals surface area contributed by atoms with Crippen LogP contribution < -0.4 is 26.0 Å². The van der Waals surface area contributed by atoms with Crippen molar-refractivity contribution in [2.45, 2.75) is 152 Å². The molecule has 430 valence electrons. The average Bonchev–Trinajstić information content (AvgIpc) is 4.08. The number of phenolic OH excluding ortho intramolecular Hbond substituents is 2. The monoisotopic (exact) mass is 1110 g/mol. The molecule has 2 aliphatic carbocycles. The maximum Gasteiger partial charge on any atom is 0.243 e.